The molecule has 1 atom stereocenters. The van der Waals surface area contributed by atoms with Crippen LogP contribution < -0.4 is 0 Å². The summed E-state index contributed by atoms with van der Waals surface area (Å²) in [5, 5.41) is 0.938. The fourth-order valence-electron chi connectivity index (χ4n) is 2.52. The van der Waals surface area contributed by atoms with Crippen LogP contribution in [0.25, 0.3) is 0 Å². The summed E-state index contributed by atoms with van der Waals surface area (Å²) in [6, 6.07) is 1.08. The van der Waals surface area contributed by atoms with E-state index in [-0.39, 0.29) is 0 Å². The lowest BCUT2D eigenvalue weighted by Crippen LogP contribution is -2.43. The summed E-state index contributed by atoms with van der Waals surface area (Å²) < 4.78 is 0. The van der Waals surface area contributed by atoms with Gasteiger partial charge in [0.15, 0.2) is 0 Å². The summed E-state index contributed by atoms with van der Waals surface area (Å²) in [6.07, 6.45) is 0.717. The maximum Gasteiger partial charge on any atom is 0.222 e. The number of likely N-dealkylation sites (tertiary alicyclic amines) is 1. The monoisotopic (exact) mass is 304 g/mol. The van der Waals surface area contributed by atoms with Crippen LogP contribution in [0.1, 0.15) is 34.1 Å². The maximum absolute atomic E-state index is 11.8. The zero-order valence-electron chi connectivity index (χ0n) is 11.4. The number of carbonyl (C=O) groups excluding carboxylic acids is 1. The summed E-state index contributed by atoms with van der Waals surface area (Å²) in [5.41, 5.74) is 0. The molecule has 0 radical (unpaired) electrons. The quantitative estimate of drug-likeness (QED) is 0.703. The largest absolute Gasteiger partial charge is 0.341 e. The highest BCUT2D eigenvalue weighted by Gasteiger charge is 2.29. The number of hydrogen-bond acceptors (Lipinski definition) is 2. The lowest BCUT2D eigenvalue weighted by molar-refractivity contribution is -0.128. The third-order valence-electron chi connectivity index (χ3n) is 3.47. The average Bonchev–Trinajstić information content (AvgIpc) is 2.59. The van der Waals surface area contributed by atoms with E-state index in [9.17, 15) is 4.79 Å². The molecular formula is C13H25BrN2O. The van der Waals surface area contributed by atoms with Gasteiger partial charge in [0.1, 0.15) is 0 Å². The highest BCUT2D eigenvalue weighted by Crippen LogP contribution is 2.19. The van der Waals surface area contributed by atoms with Gasteiger partial charge in [0, 0.05) is 43.5 Å². The third-order valence-corrected chi connectivity index (χ3v) is 4.38. The van der Waals surface area contributed by atoms with Gasteiger partial charge in [-0.2, -0.15) is 0 Å². The normalized spacial score (nSPS) is 21.3. The Morgan fingerprint density at radius 3 is 2.35 bits per heavy atom. The molecule has 1 unspecified atom stereocenters. The minimum atomic E-state index is 0.321. The van der Waals surface area contributed by atoms with Crippen LogP contribution in [0.4, 0.5) is 0 Å². The summed E-state index contributed by atoms with van der Waals surface area (Å²) in [4.78, 5) is 16.2. The van der Waals surface area contributed by atoms with Crippen molar-refractivity contribution in [2.45, 2.75) is 46.2 Å². The Balaban J connectivity index is 2.42. The maximum atomic E-state index is 11.8. The van der Waals surface area contributed by atoms with Gasteiger partial charge < -0.3 is 4.90 Å². The molecular weight excluding hydrogens is 280 g/mol. The van der Waals surface area contributed by atoms with E-state index in [1.807, 2.05) is 4.90 Å². The predicted octanol–water partition coefficient (Wildman–Crippen LogP) is 2.35. The predicted molar refractivity (Wildman–Crippen MR) is 75.5 cm³/mol. The molecule has 0 N–H and O–H groups in total. The second kappa shape index (κ2) is 6.74. The van der Waals surface area contributed by atoms with Crippen LogP contribution in [0.15, 0.2) is 0 Å². The van der Waals surface area contributed by atoms with Gasteiger partial charge in [-0.25, -0.2) is 0 Å². The average molecular weight is 305 g/mol. The van der Waals surface area contributed by atoms with Crippen molar-refractivity contribution in [1.82, 2.24) is 9.80 Å². The molecule has 0 aliphatic carbocycles. The first-order valence-electron chi connectivity index (χ1n) is 6.55. The molecule has 3 nitrogen and oxygen atoms in total. The second-order valence-corrected chi connectivity index (χ2v) is 6.14. The van der Waals surface area contributed by atoms with Crippen molar-refractivity contribution >= 4 is 21.8 Å². The number of carbonyl (C=O) groups is 1. The zero-order valence-corrected chi connectivity index (χ0v) is 13.0. The Morgan fingerprint density at radius 2 is 1.94 bits per heavy atom. The van der Waals surface area contributed by atoms with Crippen molar-refractivity contribution in [3.05, 3.63) is 0 Å². The number of halogens is 1. The fourth-order valence-corrected chi connectivity index (χ4v) is 2.96. The molecule has 1 aliphatic rings. The molecule has 4 heteroatoms. The molecule has 0 spiro atoms. The first-order chi connectivity index (χ1) is 7.95. The molecule has 1 fully saturated rings. The number of rotatable bonds is 6. The number of hydrogen-bond donors (Lipinski definition) is 0. The van der Waals surface area contributed by atoms with Gasteiger partial charge in [0.2, 0.25) is 5.91 Å². The van der Waals surface area contributed by atoms with Crippen LogP contribution in [-0.4, -0.2) is 52.8 Å². The number of amides is 1. The smallest absolute Gasteiger partial charge is 0.222 e. The van der Waals surface area contributed by atoms with E-state index >= 15 is 0 Å². The molecule has 0 aromatic heterocycles. The zero-order chi connectivity index (χ0) is 13.0. The van der Waals surface area contributed by atoms with Gasteiger partial charge in [-0.1, -0.05) is 15.9 Å². The lowest BCUT2D eigenvalue weighted by atomic mass is 10.2. The fraction of sp³-hybridized carbons (Fsp3) is 0.923. The molecule has 1 heterocycles. The van der Waals surface area contributed by atoms with Crippen LogP contribution >= 0.6 is 15.9 Å². The Bertz CT molecular complexity index is 248. The van der Waals surface area contributed by atoms with Crippen molar-refractivity contribution in [2.75, 3.05) is 25.0 Å². The first-order valence-corrected chi connectivity index (χ1v) is 7.67. The Kier molecular flexibility index (Phi) is 5.93. The Morgan fingerprint density at radius 1 is 1.35 bits per heavy atom. The van der Waals surface area contributed by atoms with E-state index in [4.69, 9.17) is 0 Å². The Hall–Kier alpha value is -0.0900. The van der Waals surface area contributed by atoms with Crippen molar-refractivity contribution < 1.29 is 4.79 Å². The summed E-state index contributed by atoms with van der Waals surface area (Å²) >= 11 is 3.47. The molecule has 1 rings (SSSR count). The summed E-state index contributed by atoms with van der Waals surface area (Å²) in [7, 11) is 0. The van der Waals surface area contributed by atoms with Crippen LogP contribution in [0.3, 0.4) is 0 Å². The van der Waals surface area contributed by atoms with E-state index in [1.165, 1.54) is 0 Å². The number of alkyl halides is 1. The van der Waals surface area contributed by atoms with Gasteiger partial charge in [-0.05, 0) is 33.6 Å². The van der Waals surface area contributed by atoms with E-state index in [1.54, 1.807) is 0 Å². The third kappa shape index (κ3) is 4.25. The first kappa shape index (κ1) is 15.0. The minimum Gasteiger partial charge on any atom is -0.341 e. The van der Waals surface area contributed by atoms with Crippen molar-refractivity contribution in [1.29, 1.82) is 0 Å². The molecule has 0 aromatic rings. The number of nitrogens with zero attached hydrogens (tertiary/aromatic N) is 2. The van der Waals surface area contributed by atoms with Crippen LogP contribution in [-0.2, 0) is 4.79 Å². The minimum absolute atomic E-state index is 0.321. The Labute approximate surface area is 114 Å². The van der Waals surface area contributed by atoms with Gasteiger partial charge in [0.05, 0.1) is 0 Å². The van der Waals surface area contributed by atoms with Crippen LogP contribution in [0, 0.1) is 5.92 Å². The van der Waals surface area contributed by atoms with E-state index < -0.39 is 0 Å². The molecule has 1 saturated heterocycles. The summed E-state index contributed by atoms with van der Waals surface area (Å²) in [5.74, 6) is 0.830. The van der Waals surface area contributed by atoms with Gasteiger partial charge in [0.25, 0.3) is 0 Å². The van der Waals surface area contributed by atoms with Crippen LogP contribution in [0.5, 0.6) is 0 Å². The second-order valence-electron chi connectivity index (χ2n) is 5.49. The van der Waals surface area contributed by atoms with Gasteiger partial charge in [-0.3, -0.25) is 9.69 Å². The lowest BCUT2D eigenvalue weighted by Gasteiger charge is -2.32. The van der Waals surface area contributed by atoms with Crippen molar-refractivity contribution in [3.63, 3.8) is 0 Å². The van der Waals surface area contributed by atoms with E-state index in [0.29, 0.717) is 30.3 Å². The van der Waals surface area contributed by atoms with Crippen molar-refractivity contribution in [3.8, 4) is 0 Å². The molecule has 0 bridgehead atoms. The van der Waals surface area contributed by atoms with Crippen LogP contribution in [0.2, 0.25) is 0 Å². The standard InChI is InChI=1S/C13H25BrN2O/c1-10(2)16(11(3)4)6-5-15-9-12(8-14)7-13(15)17/h10-12H,5-9H2,1-4H3. The molecule has 0 aromatic carbocycles. The van der Waals surface area contributed by atoms with E-state index in [0.717, 1.165) is 25.0 Å². The SMILES string of the molecule is CC(C)N(CCN1CC(CBr)CC1=O)C(C)C. The van der Waals surface area contributed by atoms with E-state index in [2.05, 4.69) is 48.5 Å². The molecule has 1 amide bonds. The molecule has 1 aliphatic heterocycles. The highest BCUT2D eigenvalue weighted by atomic mass is 79.9. The molecule has 17 heavy (non-hydrogen) atoms. The van der Waals surface area contributed by atoms with Crippen molar-refractivity contribution in [2.24, 2.45) is 5.92 Å². The highest BCUT2D eigenvalue weighted by molar-refractivity contribution is 9.09. The molecule has 100 valence electrons. The topological polar surface area (TPSA) is 23.6 Å². The van der Waals surface area contributed by atoms with Gasteiger partial charge >= 0.3 is 0 Å². The van der Waals surface area contributed by atoms with Gasteiger partial charge in [-0.15, -0.1) is 0 Å². The molecule has 0 saturated carbocycles. The summed E-state index contributed by atoms with van der Waals surface area (Å²) in [6.45, 7) is 11.6.